The molecule has 0 spiro atoms. The second kappa shape index (κ2) is 8.91. The summed E-state index contributed by atoms with van der Waals surface area (Å²) in [6.07, 6.45) is -5.79. The van der Waals surface area contributed by atoms with Crippen molar-refractivity contribution in [3.8, 4) is 0 Å². The zero-order chi connectivity index (χ0) is 20.1. The van der Waals surface area contributed by atoms with Gasteiger partial charge in [0, 0.05) is 35.1 Å². The summed E-state index contributed by atoms with van der Waals surface area (Å²) in [5.41, 5.74) is -0.208. The predicted octanol–water partition coefficient (Wildman–Crippen LogP) is 3.00. The Morgan fingerprint density at radius 2 is 1.60 bits per heavy atom. The highest BCUT2D eigenvalue weighted by Crippen LogP contribution is 2.23. The number of Topliss-reactive ketones (excluding diaryl/α,β-unsaturated/α-hetero) is 1. The van der Waals surface area contributed by atoms with Crippen LogP contribution in [0, 0.1) is 10.8 Å². The van der Waals surface area contributed by atoms with Gasteiger partial charge in [-0.3, -0.25) is 13.8 Å². The van der Waals surface area contributed by atoms with Gasteiger partial charge < -0.3 is 10.7 Å². The molecule has 0 saturated heterocycles. The van der Waals surface area contributed by atoms with E-state index < -0.39 is 39.5 Å². The highest BCUT2D eigenvalue weighted by molar-refractivity contribution is 7.87. The normalized spacial score (nSPS) is 14.1. The molecule has 2 N–H and O–H groups in total. The molecule has 1 atom stereocenters. The summed E-state index contributed by atoms with van der Waals surface area (Å²) < 4.78 is 47.1. The Morgan fingerprint density at radius 3 is 2.04 bits per heavy atom. The number of hydrogen-bond donors (Lipinski definition) is 2. The van der Waals surface area contributed by atoms with Crippen LogP contribution in [-0.4, -0.2) is 44.8 Å². The van der Waals surface area contributed by atoms with Gasteiger partial charge in [0.05, 0.1) is 6.54 Å². The summed E-state index contributed by atoms with van der Waals surface area (Å²) >= 11 is 0. The van der Waals surface area contributed by atoms with Crippen LogP contribution in [0.3, 0.4) is 0 Å². The van der Waals surface area contributed by atoms with E-state index in [1.54, 1.807) is 20.8 Å². The molecule has 0 radical (unpaired) electrons. The lowest BCUT2D eigenvalue weighted by molar-refractivity contribution is -0.134. The molecule has 146 valence electrons. The fraction of sp³-hybridized carbons (Fsp3) is 0.812. The molecular weight excluding hydrogens is 357 g/mol. The zero-order valence-electron chi connectivity index (χ0n) is 15.3. The molecule has 25 heavy (non-hydrogen) atoms. The fourth-order valence-electron chi connectivity index (χ4n) is 1.68. The molecule has 0 bridgehead atoms. The first-order valence-corrected chi connectivity index (χ1v) is 9.22. The molecule has 1 unspecified atom stereocenters. The number of halogens is 3. The quantitative estimate of drug-likeness (QED) is 0.599. The van der Waals surface area contributed by atoms with E-state index in [1.807, 2.05) is 0 Å². The van der Waals surface area contributed by atoms with Crippen molar-refractivity contribution in [1.82, 2.24) is 5.32 Å². The van der Waals surface area contributed by atoms with Crippen molar-refractivity contribution in [1.29, 1.82) is 5.41 Å². The average Bonchev–Trinajstić information content (AvgIpc) is 2.41. The predicted molar refractivity (Wildman–Crippen MR) is 92.2 cm³/mol. The lowest BCUT2D eigenvalue weighted by Gasteiger charge is -2.23. The van der Waals surface area contributed by atoms with Crippen LogP contribution in [0.5, 0.6) is 0 Å². The Morgan fingerprint density at radius 1 is 1.08 bits per heavy atom. The maximum absolute atomic E-state index is 12.1. The number of nitrogens with one attached hydrogen (secondary N) is 2. The Balaban J connectivity index is 4.50. The van der Waals surface area contributed by atoms with E-state index in [9.17, 15) is 27.0 Å². The smallest absolute Gasteiger partial charge is 0.348 e. The van der Waals surface area contributed by atoms with Gasteiger partial charge in [-0.2, -0.15) is 13.2 Å². The van der Waals surface area contributed by atoms with Crippen molar-refractivity contribution >= 4 is 28.2 Å². The Bertz CT molecular complexity index is 538. The molecule has 0 aliphatic heterocycles. The van der Waals surface area contributed by atoms with E-state index in [1.165, 1.54) is 13.8 Å². The number of hydrogen-bond acceptors (Lipinski definition) is 4. The fourth-order valence-corrected chi connectivity index (χ4v) is 2.87. The summed E-state index contributed by atoms with van der Waals surface area (Å²) in [5, 5.41) is 10.2. The Hall–Kier alpha value is -1.25. The standard InChI is InChI=1S/C16H27F3N2O3S/c1-14(2,3)12(20)9-11(22)10-21-13(23)15(4,5)25(24)8-6-7-16(17,18)19/h20H,6-10H2,1-5H3,(H,21,23). The van der Waals surface area contributed by atoms with Gasteiger partial charge in [0.15, 0.2) is 5.78 Å². The summed E-state index contributed by atoms with van der Waals surface area (Å²) in [5.74, 6) is -1.26. The van der Waals surface area contributed by atoms with Gasteiger partial charge in [0.25, 0.3) is 0 Å². The van der Waals surface area contributed by atoms with E-state index in [-0.39, 0.29) is 36.6 Å². The first-order chi connectivity index (χ1) is 11.1. The van der Waals surface area contributed by atoms with Crippen LogP contribution in [-0.2, 0) is 20.4 Å². The van der Waals surface area contributed by atoms with E-state index in [2.05, 4.69) is 5.32 Å². The van der Waals surface area contributed by atoms with Crippen LogP contribution in [0.4, 0.5) is 13.2 Å². The third kappa shape index (κ3) is 9.13. The van der Waals surface area contributed by atoms with Crippen LogP contribution in [0.1, 0.15) is 53.9 Å². The minimum atomic E-state index is -4.32. The first kappa shape index (κ1) is 23.8. The van der Waals surface area contributed by atoms with E-state index in [0.717, 1.165) is 0 Å². The largest absolute Gasteiger partial charge is 0.389 e. The maximum Gasteiger partial charge on any atom is 0.389 e. The highest BCUT2D eigenvalue weighted by Gasteiger charge is 2.35. The molecule has 0 fully saturated rings. The summed E-state index contributed by atoms with van der Waals surface area (Å²) in [4.78, 5) is 23.9. The molecule has 9 heteroatoms. The summed E-state index contributed by atoms with van der Waals surface area (Å²) in [6.45, 7) is 7.83. The van der Waals surface area contributed by atoms with Gasteiger partial charge in [-0.1, -0.05) is 20.8 Å². The number of amides is 1. The number of ketones is 1. The topological polar surface area (TPSA) is 87.1 Å². The molecule has 0 heterocycles. The number of carbonyl (C=O) groups is 2. The SMILES string of the molecule is CC(C)(C)C(=N)CC(=O)CNC(=O)C(C)(C)S(=O)CCCC(F)(F)F. The second-order valence-electron chi connectivity index (χ2n) is 7.41. The lowest BCUT2D eigenvalue weighted by Crippen LogP contribution is -2.47. The average molecular weight is 384 g/mol. The molecule has 0 aromatic carbocycles. The minimum absolute atomic E-state index is 0.0983. The monoisotopic (exact) mass is 384 g/mol. The van der Waals surface area contributed by atoms with Crippen molar-refractivity contribution in [2.75, 3.05) is 12.3 Å². The maximum atomic E-state index is 12.1. The molecule has 5 nitrogen and oxygen atoms in total. The third-order valence-corrected chi connectivity index (χ3v) is 5.61. The molecule has 1 amide bonds. The number of alkyl halides is 3. The highest BCUT2D eigenvalue weighted by atomic mass is 32.2. The second-order valence-corrected chi connectivity index (χ2v) is 9.53. The minimum Gasteiger partial charge on any atom is -0.348 e. The van der Waals surface area contributed by atoms with E-state index in [0.29, 0.717) is 0 Å². The zero-order valence-corrected chi connectivity index (χ0v) is 16.1. The summed E-state index contributed by atoms with van der Waals surface area (Å²) in [6, 6.07) is 0. The molecule has 0 aromatic heterocycles. The third-order valence-electron chi connectivity index (χ3n) is 3.63. The van der Waals surface area contributed by atoms with Crippen molar-refractivity contribution in [3.05, 3.63) is 0 Å². The van der Waals surface area contributed by atoms with E-state index >= 15 is 0 Å². The van der Waals surface area contributed by atoms with Crippen molar-refractivity contribution in [2.24, 2.45) is 5.41 Å². The number of carbonyl (C=O) groups excluding carboxylic acids is 2. The van der Waals surface area contributed by atoms with Gasteiger partial charge in [-0.05, 0) is 25.7 Å². The van der Waals surface area contributed by atoms with Crippen LogP contribution in [0.25, 0.3) is 0 Å². The molecule has 0 aliphatic carbocycles. The molecular formula is C16H27F3N2O3S. The van der Waals surface area contributed by atoms with Crippen LogP contribution >= 0.6 is 0 Å². The van der Waals surface area contributed by atoms with Gasteiger partial charge in [-0.15, -0.1) is 0 Å². The summed E-state index contributed by atoms with van der Waals surface area (Å²) in [7, 11) is -1.80. The van der Waals surface area contributed by atoms with Gasteiger partial charge in [-0.25, -0.2) is 0 Å². The molecule has 0 aliphatic rings. The lowest BCUT2D eigenvalue weighted by atomic mass is 9.87. The van der Waals surface area contributed by atoms with Crippen molar-refractivity contribution < 1.29 is 27.0 Å². The number of rotatable bonds is 9. The Kier molecular flexibility index (Phi) is 8.47. The van der Waals surface area contributed by atoms with Crippen molar-refractivity contribution in [2.45, 2.75) is 64.8 Å². The van der Waals surface area contributed by atoms with Crippen LogP contribution < -0.4 is 5.32 Å². The van der Waals surface area contributed by atoms with Crippen LogP contribution in [0.15, 0.2) is 0 Å². The van der Waals surface area contributed by atoms with Crippen molar-refractivity contribution in [3.63, 3.8) is 0 Å². The molecule has 0 saturated carbocycles. The first-order valence-electron chi connectivity index (χ1n) is 7.90. The molecule has 0 aromatic rings. The molecule has 0 rings (SSSR count). The van der Waals surface area contributed by atoms with Gasteiger partial charge >= 0.3 is 6.18 Å². The van der Waals surface area contributed by atoms with Crippen LogP contribution in [0.2, 0.25) is 0 Å². The van der Waals surface area contributed by atoms with Gasteiger partial charge in [0.2, 0.25) is 5.91 Å². The van der Waals surface area contributed by atoms with E-state index in [4.69, 9.17) is 5.41 Å². The van der Waals surface area contributed by atoms with Gasteiger partial charge in [0.1, 0.15) is 4.75 Å². The Labute approximate surface area is 149 Å².